The molecule has 0 bridgehead atoms. The second kappa shape index (κ2) is 34.6. The van der Waals surface area contributed by atoms with E-state index < -0.39 is 23.6 Å². The predicted octanol–water partition coefficient (Wildman–Crippen LogP) is 4.97. The van der Waals surface area contributed by atoms with Crippen molar-refractivity contribution in [3.63, 3.8) is 0 Å². The Morgan fingerprint density at radius 1 is 0.383 bits per heavy atom. The van der Waals surface area contributed by atoms with Crippen molar-refractivity contribution in [2.45, 2.75) is 39.5 Å². The van der Waals surface area contributed by atoms with Crippen LogP contribution in [0.5, 0.6) is 46.0 Å². The number of carbonyl (C=O) groups is 4. The van der Waals surface area contributed by atoms with E-state index in [1.807, 2.05) is 202 Å². The molecule has 0 atom stereocenters. The van der Waals surface area contributed by atoms with Crippen molar-refractivity contribution < 1.29 is 111 Å². The number of aromatic hydroxyl groups is 4. The van der Waals surface area contributed by atoms with E-state index in [0.29, 0.717) is 43.0 Å². The number of hydrogen-bond donors (Lipinski definition) is 11. The summed E-state index contributed by atoms with van der Waals surface area (Å²) >= 11 is 15.3. The molecule has 455 valence electrons. The third-order valence-corrected chi connectivity index (χ3v) is 20.8. The summed E-state index contributed by atoms with van der Waals surface area (Å²) in [4.78, 5) is 59.4. The van der Waals surface area contributed by atoms with Gasteiger partial charge in [0.1, 0.15) is 65.8 Å². The van der Waals surface area contributed by atoms with E-state index in [-0.39, 0.29) is 244 Å². The predicted molar refractivity (Wildman–Crippen MR) is 363 cm³/mol. The van der Waals surface area contributed by atoms with E-state index in [1.54, 1.807) is 0 Å². The summed E-state index contributed by atoms with van der Waals surface area (Å²) in [5.41, 5.74) is 24.9. The van der Waals surface area contributed by atoms with Crippen molar-refractivity contribution in [3.05, 3.63) is 73.1 Å². The third kappa shape index (κ3) is 18.1. The largest absolute Gasteiger partial charge is 0.506 e. The minimum Gasteiger partial charge on any atom is -0.506 e. The molecule has 1 heterocycles. The normalized spacial score (nSPS) is 14.2. The Morgan fingerprint density at radius 3 is 0.728 bits per heavy atom. The Bertz CT molecular complexity index is 2580. The van der Waals surface area contributed by atoms with Crippen LogP contribution in [0.1, 0.15) is 77.0 Å². The molecule has 81 heavy (non-hydrogen) atoms. The van der Waals surface area contributed by atoms with Gasteiger partial charge in [-0.25, -0.2) is 0 Å². The molecule has 1 fully saturated rings. The molecule has 0 spiro atoms. The molecule has 4 aromatic carbocycles. The van der Waals surface area contributed by atoms with Crippen LogP contribution in [0.25, 0.3) is 0 Å². The number of aliphatic hydroxyl groups excluding tert-OH is 3. The van der Waals surface area contributed by atoms with Gasteiger partial charge in [0.15, 0.2) is 0 Å². The monoisotopic (exact) mass is 2190 g/mol. The molecule has 1 saturated heterocycles. The van der Waals surface area contributed by atoms with Gasteiger partial charge in [-0.05, 0) is 187 Å². The van der Waals surface area contributed by atoms with Crippen LogP contribution < -0.4 is 41.9 Å². The number of halogens is 8. The Hall–Kier alpha value is -0.0462. The summed E-state index contributed by atoms with van der Waals surface area (Å²) in [5.74, 6) is -3.36. The molecule has 4 aromatic rings. The van der Waals surface area contributed by atoms with Crippen LogP contribution in [0, 0.1) is 65.4 Å². The molecule has 4 amide bonds. The van der Waals surface area contributed by atoms with Crippen LogP contribution in [0.15, 0.2) is 0 Å². The van der Waals surface area contributed by atoms with Gasteiger partial charge < -0.3 is 77.6 Å². The van der Waals surface area contributed by atoms with Crippen LogP contribution in [0.2, 0.25) is 0 Å². The maximum atomic E-state index is 12.8. The van der Waals surface area contributed by atoms with Gasteiger partial charge in [-0.15, -0.1) is 0 Å². The van der Waals surface area contributed by atoms with Gasteiger partial charge in [0.05, 0.1) is 99.5 Å². The zero-order chi connectivity index (χ0) is 59.4. The smallest absolute Gasteiger partial charge is 0.251 e. The number of phenols is 4. The fourth-order valence-electron chi connectivity index (χ4n) is 8.61. The van der Waals surface area contributed by atoms with Gasteiger partial charge in [0, 0.05) is 115 Å². The van der Waals surface area contributed by atoms with Crippen molar-refractivity contribution in [3.8, 4) is 46.0 Å². The molecule has 1 radical (unpaired) electrons. The Morgan fingerprint density at radius 2 is 0.568 bits per heavy atom. The van der Waals surface area contributed by atoms with Gasteiger partial charge in [0.2, 0.25) is 0 Å². The first-order valence-corrected chi connectivity index (χ1v) is 32.8. The number of nitrogens with two attached hydrogens (primary N) is 4. The molecule has 32 heteroatoms. The van der Waals surface area contributed by atoms with E-state index in [2.05, 4.69) is 4.90 Å². The van der Waals surface area contributed by atoms with Crippen molar-refractivity contribution in [2.75, 3.05) is 98.6 Å². The number of primary amides is 4. The fourth-order valence-corrected chi connectivity index (χ4v) is 18.2. The van der Waals surface area contributed by atoms with Crippen molar-refractivity contribution in [1.82, 2.24) is 19.6 Å². The Kier molecular flexibility index (Phi) is 31.4. The summed E-state index contributed by atoms with van der Waals surface area (Å²) in [6, 6.07) is 0. The number of aliphatic hydroxyl groups is 3. The quantitative estimate of drug-likeness (QED) is 0.0413. The first kappa shape index (κ1) is 73.4. The number of carbonyl (C=O) groups excluding carboxylic acids is 4. The van der Waals surface area contributed by atoms with E-state index in [1.165, 1.54) is 0 Å². The van der Waals surface area contributed by atoms with Crippen molar-refractivity contribution in [1.29, 1.82) is 0 Å². The van der Waals surface area contributed by atoms with E-state index in [0.717, 1.165) is 0 Å². The number of amides is 4. The maximum absolute atomic E-state index is 12.8. The molecule has 0 saturated carbocycles. The van der Waals surface area contributed by atoms with E-state index in [9.17, 15) is 54.9 Å². The first-order chi connectivity index (χ1) is 37.9. The van der Waals surface area contributed by atoms with Gasteiger partial charge >= 0.3 is 0 Å². The van der Waals surface area contributed by atoms with Crippen molar-refractivity contribution >= 4 is 204 Å². The minimum atomic E-state index is -0.800. The summed E-state index contributed by atoms with van der Waals surface area (Å²) < 4.78 is 26.7. The van der Waals surface area contributed by atoms with Crippen LogP contribution in [0.4, 0.5) is 0 Å². The van der Waals surface area contributed by atoms with Gasteiger partial charge in [0.25, 0.3) is 23.6 Å². The first-order valence-electron chi connectivity index (χ1n) is 24.2. The summed E-state index contributed by atoms with van der Waals surface area (Å²) in [6.07, 6.45) is 0.608. The SMILES string of the molecule is CCCOc1c(I)c(C(N)=O)c(I)c(O)c1CN1CCN(Cc2c(O)c(I)c(C(N)=O)c(I)c2OCCO)CCN(Cc2c(O)c(I)c(C(N)=O)c(I)c2OCCO)CCN(Cc2c(O)c(I)c(C(N)=O)c(I)c2OCCO)CC1.[Lu]. The molecule has 15 N–H and O–H groups in total. The number of ether oxygens (including phenoxy) is 4. The number of rotatable bonds is 24. The molecule has 1 aliphatic heterocycles. The second-order valence-electron chi connectivity index (χ2n) is 17.8. The number of hydrogen-bond acceptors (Lipinski definition) is 19. The average Bonchev–Trinajstić information content (AvgIpc) is 3.40. The average molecular weight is 2190 g/mol. The van der Waals surface area contributed by atoms with E-state index >= 15 is 0 Å². The Balaban J connectivity index is 0.0000141. The molecular formula is C49H58I8LuN8O15. The number of nitrogens with zero attached hydrogens (tertiary/aromatic N) is 4. The minimum absolute atomic E-state index is 0. The summed E-state index contributed by atoms with van der Waals surface area (Å²) in [7, 11) is 0. The maximum Gasteiger partial charge on any atom is 0.251 e. The zero-order valence-electron chi connectivity index (χ0n) is 42.9. The molecule has 0 aliphatic carbocycles. The third-order valence-electron chi connectivity index (χ3n) is 12.5. The van der Waals surface area contributed by atoms with Crippen LogP contribution >= 0.6 is 181 Å². The van der Waals surface area contributed by atoms with Crippen molar-refractivity contribution in [2.24, 2.45) is 22.9 Å². The second-order valence-corrected chi connectivity index (χ2v) is 26.4. The molecule has 0 unspecified atom stereocenters. The van der Waals surface area contributed by atoms with Gasteiger partial charge in [-0.2, -0.15) is 0 Å². The fraction of sp³-hybridized carbons (Fsp3) is 0.429. The van der Waals surface area contributed by atoms with Crippen LogP contribution in [-0.2, 0) is 26.2 Å². The van der Waals surface area contributed by atoms with Crippen LogP contribution in [-0.4, -0.2) is 178 Å². The molecule has 1 aliphatic rings. The molecule has 0 aromatic heterocycles. The number of phenolic OH excluding ortho intramolecular Hbond substituents is 4. The van der Waals surface area contributed by atoms with Gasteiger partial charge in [-0.3, -0.25) is 38.8 Å². The van der Waals surface area contributed by atoms with E-state index in [4.69, 9.17) is 41.9 Å². The number of benzene rings is 4. The topological polar surface area (TPSA) is 364 Å². The molecular weight excluding hydrogens is 2130 g/mol. The van der Waals surface area contributed by atoms with Gasteiger partial charge in [-0.1, -0.05) is 6.92 Å². The molecule has 5 rings (SSSR count). The van der Waals surface area contributed by atoms with Crippen LogP contribution in [0.3, 0.4) is 0 Å². The zero-order valence-corrected chi connectivity index (χ0v) is 61.8. The summed E-state index contributed by atoms with van der Waals surface area (Å²) in [5, 5.41) is 77.4. The summed E-state index contributed by atoms with van der Waals surface area (Å²) in [6.45, 7) is 2.75. The Labute approximate surface area is 605 Å². The molecule has 23 nitrogen and oxygen atoms in total. The standard InChI is InChI=1S/C49H58I8N8O15.Lu/c1-2-14-77-42-22(38(69)30(50)26(34(42)54)46(58)73)18-62-3-5-63(19-23-39(70)31(51)27(47(59)74)35(55)43(23)78-15-11-66)7-9-65(21-25-41(72)33(53)29(49(61)76)37(57)45(25)80-17-13-68)10-8-64(6-4-62)20-24-40(71)32(52)28(48(60)75)36(56)44(24)79-16-12-67;/h66-72H,2-21H2,1H3,(H2,58,73)(H2,59,74)(H2,60,75)(H2,61,76);.